The van der Waals surface area contributed by atoms with E-state index in [1.165, 1.54) is 0 Å². The van der Waals surface area contributed by atoms with E-state index < -0.39 is 5.97 Å². The number of rotatable bonds is 3. The van der Waals surface area contributed by atoms with Crippen molar-refractivity contribution in [2.24, 2.45) is 4.99 Å². The summed E-state index contributed by atoms with van der Waals surface area (Å²) in [6.45, 7) is 0. The Morgan fingerprint density at radius 2 is 1.79 bits per heavy atom. The highest BCUT2D eigenvalue weighted by Gasteiger charge is 2.26. The number of hydrogen-bond donors (Lipinski definition) is 0. The quantitative estimate of drug-likeness (QED) is 0.601. The Labute approximate surface area is 150 Å². The minimum Gasteiger partial charge on any atom is -0.402 e. The highest BCUT2D eigenvalue weighted by Crippen LogP contribution is 2.29. The summed E-state index contributed by atoms with van der Waals surface area (Å²) in [6.07, 6.45) is 1.67. The second-order valence-electron chi connectivity index (χ2n) is 5.42. The first-order valence-electron chi connectivity index (χ1n) is 7.20. The molecule has 1 aliphatic rings. The van der Waals surface area contributed by atoms with Gasteiger partial charge in [-0.3, -0.25) is 0 Å². The molecular weight excluding hydrogens is 347 g/mol. The predicted octanol–water partition coefficient (Wildman–Crippen LogP) is 4.40. The second kappa shape index (κ2) is 6.67. The number of halogens is 2. The molecule has 0 radical (unpaired) electrons. The van der Waals surface area contributed by atoms with Crippen molar-refractivity contribution in [1.82, 2.24) is 0 Å². The van der Waals surface area contributed by atoms with Crippen molar-refractivity contribution in [2.45, 2.75) is 0 Å². The van der Waals surface area contributed by atoms with E-state index in [4.69, 9.17) is 27.9 Å². The number of carbonyl (C=O) groups excluding carboxylic acids is 1. The van der Waals surface area contributed by atoms with Crippen molar-refractivity contribution in [3.63, 3.8) is 0 Å². The van der Waals surface area contributed by atoms with Gasteiger partial charge in [0.25, 0.3) is 0 Å². The summed E-state index contributed by atoms with van der Waals surface area (Å²) in [5.74, 6) is -0.360. The van der Waals surface area contributed by atoms with Gasteiger partial charge in [-0.2, -0.15) is 0 Å². The van der Waals surface area contributed by atoms with Crippen molar-refractivity contribution < 1.29 is 9.53 Å². The molecule has 0 bridgehead atoms. The van der Waals surface area contributed by atoms with E-state index in [0.29, 0.717) is 15.6 Å². The first kappa shape index (κ1) is 16.6. The van der Waals surface area contributed by atoms with Gasteiger partial charge < -0.3 is 9.64 Å². The molecule has 24 heavy (non-hydrogen) atoms. The van der Waals surface area contributed by atoms with E-state index in [2.05, 4.69) is 4.99 Å². The van der Waals surface area contributed by atoms with Crippen LogP contribution in [-0.2, 0) is 9.53 Å². The van der Waals surface area contributed by atoms with Gasteiger partial charge in [0.15, 0.2) is 5.70 Å². The van der Waals surface area contributed by atoms with Crippen LogP contribution in [0.1, 0.15) is 11.1 Å². The summed E-state index contributed by atoms with van der Waals surface area (Å²) >= 11 is 12.1. The van der Waals surface area contributed by atoms with Crippen molar-refractivity contribution in [1.29, 1.82) is 0 Å². The minimum absolute atomic E-state index is 0.156. The maximum Gasteiger partial charge on any atom is 0.363 e. The van der Waals surface area contributed by atoms with Gasteiger partial charge >= 0.3 is 5.97 Å². The Morgan fingerprint density at radius 3 is 2.46 bits per heavy atom. The second-order valence-corrected chi connectivity index (χ2v) is 6.21. The summed E-state index contributed by atoms with van der Waals surface area (Å²) < 4.78 is 5.22. The maximum atomic E-state index is 12.0. The number of hydrogen-bond acceptors (Lipinski definition) is 4. The Kier molecular flexibility index (Phi) is 4.60. The van der Waals surface area contributed by atoms with Crippen LogP contribution in [0.4, 0.5) is 5.69 Å². The van der Waals surface area contributed by atoms with Crippen LogP contribution < -0.4 is 4.90 Å². The standard InChI is InChI=1S/C18H14Cl2N2O2/c1-22(2)12-8-6-11(7-9-12)10-15-18(23)24-17(21-15)13-4-3-5-14(19)16(13)20/h3-10H,1-2H3. The maximum absolute atomic E-state index is 12.0. The van der Waals surface area contributed by atoms with Crippen molar-refractivity contribution in [3.05, 3.63) is 69.3 Å². The molecule has 0 N–H and O–H groups in total. The van der Waals surface area contributed by atoms with Gasteiger partial charge in [-0.15, -0.1) is 0 Å². The monoisotopic (exact) mass is 360 g/mol. The average molecular weight is 361 g/mol. The first-order chi connectivity index (χ1) is 11.5. The van der Waals surface area contributed by atoms with Crippen LogP contribution >= 0.6 is 23.2 Å². The zero-order chi connectivity index (χ0) is 17.3. The van der Waals surface area contributed by atoms with Crippen LogP contribution in [0.5, 0.6) is 0 Å². The van der Waals surface area contributed by atoms with Crippen LogP contribution in [-0.4, -0.2) is 26.0 Å². The summed E-state index contributed by atoms with van der Waals surface area (Å²) in [7, 11) is 3.93. The number of aliphatic imine (C=N–C) groups is 1. The molecular formula is C18H14Cl2N2O2. The molecule has 122 valence electrons. The molecule has 0 aliphatic carbocycles. The number of nitrogens with zero attached hydrogens (tertiary/aromatic N) is 2. The number of anilines is 1. The van der Waals surface area contributed by atoms with Crippen molar-refractivity contribution in [3.8, 4) is 0 Å². The highest BCUT2D eigenvalue weighted by molar-refractivity contribution is 6.44. The van der Waals surface area contributed by atoms with Crippen LogP contribution in [0, 0.1) is 0 Å². The summed E-state index contributed by atoms with van der Waals surface area (Å²) in [6, 6.07) is 12.8. The van der Waals surface area contributed by atoms with Gasteiger partial charge in [-0.1, -0.05) is 41.4 Å². The molecule has 0 spiro atoms. The lowest BCUT2D eigenvalue weighted by atomic mass is 10.1. The number of benzene rings is 2. The molecule has 0 saturated heterocycles. The topological polar surface area (TPSA) is 41.9 Å². The SMILES string of the molecule is CN(C)c1ccc(C=C2N=C(c3cccc(Cl)c3Cl)OC2=O)cc1. The summed E-state index contributed by atoms with van der Waals surface area (Å²) in [5.41, 5.74) is 2.64. The zero-order valence-electron chi connectivity index (χ0n) is 13.1. The number of esters is 1. The van der Waals surface area contributed by atoms with Gasteiger partial charge in [0.05, 0.1) is 15.6 Å². The molecule has 4 nitrogen and oxygen atoms in total. The minimum atomic E-state index is -0.516. The fourth-order valence-electron chi connectivity index (χ4n) is 2.22. The molecule has 6 heteroatoms. The molecule has 2 aromatic rings. The third-order valence-electron chi connectivity index (χ3n) is 3.52. The van der Waals surface area contributed by atoms with Crippen LogP contribution in [0.25, 0.3) is 6.08 Å². The summed E-state index contributed by atoms with van der Waals surface area (Å²) in [4.78, 5) is 18.3. The molecule has 0 atom stereocenters. The van der Waals surface area contributed by atoms with Gasteiger partial charge in [0, 0.05) is 19.8 Å². The van der Waals surface area contributed by atoms with E-state index in [1.54, 1.807) is 24.3 Å². The third-order valence-corrected chi connectivity index (χ3v) is 4.33. The molecule has 0 aromatic heterocycles. The van der Waals surface area contributed by atoms with Gasteiger partial charge in [-0.25, -0.2) is 9.79 Å². The average Bonchev–Trinajstić information content (AvgIpc) is 2.91. The summed E-state index contributed by atoms with van der Waals surface area (Å²) in [5, 5.41) is 0.687. The smallest absolute Gasteiger partial charge is 0.363 e. The van der Waals surface area contributed by atoms with Gasteiger partial charge in [0.2, 0.25) is 5.90 Å². The molecule has 0 amide bonds. The molecule has 0 unspecified atom stereocenters. The Morgan fingerprint density at radius 1 is 1.08 bits per heavy atom. The van der Waals surface area contributed by atoms with E-state index in [-0.39, 0.29) is 11.6 Å². The van der Waals surface area contributed by atoms with Crippen molar-refractivity contribution >= 4 is 46.8 Å². The number of ether oxygens (including phenoxy) is 1. The van der Waals surface area contributed by atoms with E-state index in [0.717, 1.165) is 11.3 Å². The lowest BCUT2D eigenvalue weighted by Crippen LogP contribution is -2.08. The molecule has 1 heterocycles. The van der Waals surface area contributed by atoms with Crippen LogP contribution in [0.3, 0.4) is 0 Å². The Bertz CT molecular complexity index is 856. The van der Waals surface area contributed by atoms with E-state index >= 15 is 0 Å². The lowest BCUT2D eigenvalue weighted by Gasteiger charge is -2.11. The number of cyclic esters (lactones) is 1. The number of carbonyl (C=O) groups is 1. The Balaban J connectivity index is 1.92. The lowest BCUT2D eigenvalue weighted by molar-refractivity contribution is -0.129. The van der Waals surface area contributed by atoms with E-state index in [1.807, 2.05) is 43.3 Å². The van der Waals surface area contributed by atoms with Crippen molar-refractivity contribution in [2.75, 3.05) is 19.0 Å². The van der Waals surface area contributed by atoms with Gasteiger partial charge in [-0.05, 0) is 35.9 Å². The fourth-order valence-corrected chi connectivity index (χ4v) is 2.60. The molecule has 2 aromatic carbocycles. The fraction of sp³-hybridized carbons (Fsp3) is 0.111. The molecule has 3 rings (SSSR count). The van der Waals surface area contributed by atoms with Crippen LogP contribution in [0.2, 0.25) is 10.0 Å². The largest absolute Gasteiger partial charge is 0.402 e. The highest BCUT2D eigenvalue weighted by atomic mass is 35.5. The third kappa shape index (κ3) is 3.30. The molecule has 1 aliphatic heterocycles. The normalized spacial score (nSPS) is 15.4. The van der Waals surface area contributed by atoms with E-state index in [9.17, 15) is 4.79 Å². The first-order valence-corrected chi connectivity index (χ1v) is 7.95. The predicted molar refractivity (Wildman–Crippen MR) is 97.8 cm³/mol. The molecule has 0 saturated carbocycles. The van der Waals surface area contributed by atoms with Gasteiger partial charge in [0.1, 0.15) is 0 Å². The Hall–Kier alpha value is -2.30. The van der Waals surface area contributed by atoms with Crippen LogP contribution in [0.15, 0.2) is 53.2 Å². The zero-order valence-corrected chi connectivity index (χ0v) is 14.6. The molecule has 0 fully saturated rings.